The van der Waals surface area contributed by atoms with Crippen LogP contribution in [0.2, 0.25) is 0 Å². The van der Waals surface area contributed by atoms with Crippen LogP contribution in [0.4, 0.5) is 0 Å². The summed E-state index contributed by atoms with van der Waals surface area (Å²) in [5, 5.41) is 10.9. The number of hydrogen-bond donors (Lipinski definition) is 1. The highest BCUT2D eigenvalue weighted by Gasteiger charge is 2.39. The summed E-state index contributed by atoms with van der Waals surface area (Å²) in [6, 6.07) is 0. The summed E-state index contributed by atoms with van der Waals surface area (Å²) < 4.78 is 0. The van der Waals surface area contributed by atoms with E-state index >= 15 is 0 Å². The van der Waals surface area contributed by atoms with Gasteiger partial charge in [-0.05, 0) is 57.5 Å². The van der Waals surface area contributed by atoms with Crippen LogP contribution in [0.5, 0.6) is 0 Å². The molecule has 1 aliphatic carbocycles. The summed E-state index contributed by atoms with van der Waals surface area (Å²) in [6.45, 7) is 4.54. The molecule has 1 heterocycles. The standard InChI is InChI=1S/C15H29NO/c1-3-13-5-7-14(8-6-13)15(17)9-4-11-16(2)12-10-15/h13-14,17H,3-12H2,1-2H3. The molecule has 1 aliphatic heterocycles. The Morgan fingerprint density at radius 2 is 1.82 bits per heavy atom. The minimum absolute atomic E-state index is 0.344. The van der Waals surface area contributed by atoms with Crippen molar-refractivity contribution < 1.29 is 5.11 Å². The topological polar surface area (TPSA) is 23.5 Å². The Kier molecular flexibility index (Phi) is 4.48. The molecule has 0 aromatic carbocycles. The van der Waals surface area contributed by atoms with Crippen molar-refractivity contribution >= 4 is 0 Å². The third-order valence-corrected chi connectivity index (χ3v) is 5.26. The van der Waals surface area contributed by atoms with E-state index in [1.165, 1.54) is 38.5 Å². The first kappa shape index (κ1) is 13.4. The van der Waals surface area contributed by atoms with Crippen LogP contribution in [-0.2, 0) is 0 Å². The first-order chi connectivity index (χ1) is 8.14. The Morgan fingerprint density at radius 1 is 1.12 bits per heavy atom. The van der Waals surface area contributed by atoms with E-state index < -0.39 is 0 Å². The largest absolute Gasteiger partial charge is 0.390 e. The van der Waals surface area contributed by atoms with Crippen molar-refractivity contribution in [3.05, 3.63) is 0 Å². The van der Waals surface area contributed by atoms with Crippen LogP contribution in [-0.4, -0.2) is 35.7 Å². The average molecular weight is 239 g/mol. The molecule has 2 heteroatoms. The Hall–Kier alpha value is -0.0800. The molecule has 2 nitrogen and oxygen atoms in total. The Labute approximate surface area is 106 Å². The maximum Gasteiger partial charge on any atom is 0.0688 e. The minimum Gasteiger partial charge on any atom is -0.390 e. The van der Waals surface area contributed by atoms with Crippen LogP contribution in [0.25, 0.3) is 0 Å². The molecule has 2 aliphatic rings. The predicted octanol–water partition coefficient (Wildman–Crippen LogP) is 3.05. The smallest absolute Gasteiger partial charge is 0.0688 e. The Morgan fingerprint density at radius 3 is 2.47 bits per heavy atom. The molecule has 17 heavy (non-hydrogen) atoms. The number of aliphatic hydroxyl groups is 1. The molecule has 2 fully saturated rings. The van der Waals surface area contributed by atoms with E-state index in [2.05, 4.69) is 18.9 Å². The number of rotatable bonds is 2. The molecule has 2 rings (SSSR count). The molecule has 0 spiro atoms. The molecule has 100 valence electrons. The predicted molar refractivity (Wildman–Crippen MR) is 72.0 cm³/mol. The third kappa shape index (κ3) is 3.23. The molecule has 0 amide bonds. The fourth-order valence-electron chi connectivity index (χ4n) is 3.79. The van der Waals surface area contributed by atoms with E-state index in [4.69, 9.17) is 0 Å². The minimum atomic E-state index is -0.344. The van der Waals surface area contributed by atoms with Gasteiger partial charge in [0.1, 0.15) is 0 Å². The number of nitrogens with zero attached hydrogens (tertiary/aromatic N) is 1. The van der Waals surface area contributed by atoms with Crippen molar-refractivity contribution in [3.63, 3.8) is 0 Å². The van der Waals surface area contributed by atoms with Gasteiger partial charge >= 0.3 is 0 Å². The fourth-order valence-corrected chi connectivity index (χ4v) is 3.79. The van der Waals surface area contributed by atoms with Crippen molar-refractivity contribution in [3.8, 4) is 0 Å². The van der Waals surface area contributed by atoms with Gasteiger partial charge in [-0.1, -0.05) is 26.2 Å². The lowest BCUT2D eigenvalue weighted by molar-refractivity contribution is -0.0491. The molecular weight excluding hydrogens is 210 g/mol. The summed E-state index contributed by atoms with van der Waals surface area (Å²) in [5.41, 5.74) is -0.344. The third-order valence-electron chi connectivity index (χ3n) is 5.26. The second-order valence-corrected chi connectivity index (χ2v) is 6.39. The summed E-state index contributed by atoms with van der Waals surface area (Å²) in [7, 11) is 2.18. The van der Waals surface area contributed by atoms with Gasteiger partial charge in [0.15, 0.2) is 0 Å². The highest BCUT2D eigenvalue weighted by atomic mass is 16.3. The Bertz CT molecular complexity index is 235. The van der Waals surface area contributed by atoms with E-state index in [1.54, 1.807) is 0 Å². The fraction of sp³-hybridized carbons (Fsp3) is 1.00. The van der Waals surface area contributed by atoms with Crippen LogP contribution in [0.15, 0.2) is 0 Å². The summed E-state index contributed by atoms with van der Waals surface area (Å²) >= 11 is 0. The van der Waals surface area contributed by atoms with Gasteiger partial charge in [-0.25, -0.2) is 0 Å². The van der Waals surface area contributed by atoms with Crippen LogP contribution in [0, 0.1) is 11.8 Å². The van der Waals surface area contributed by atoms with Gasteiger partial charge in [-0.15, -0.1) is 0 Å². The van der Waals surface area contributed by atoms with Crippen LogP contribution in [0.3, 0.4) is 0 Å². The monoisotopic (exact) mass is 239 g/mol. The Balaban J connectivity index is 1.91. The van der Waals surface area contributed by atoms with Gasteiger partial charge in [0.05, 0.1) is 5.60 Å². The second-order valence-electron chi connectivity index (χ2n) is 6.39. The van der Waals surface area contributed by atoms with Crippen molar-refractivity contribution in [2.24, 2.45) is 11.8 Å². The zero-order chi connectivity index (χ0) is 12.3. The van der Waals surface area contributed by atoms with Gasteiger partial charge in [-0.2, -0.15) is 0 Å². The summed E-state index contributed by atoms with van der Waals surface area (Å²) in [5.74, 6) is 1.51. The molecule has 1 N–H and O–H groups in total. The second kappa shape index (κ2) is 5.71. The van der Waals surface area contributed by atoms with E-state index in [-0.39, 0.29) is 5.60 Å². The van der Waals surface area contributed by atoms with E-state index in [0.29, 0.717) is 5.92 Å². The average Bonchev–Trinajstić information content (AvgIpc) is 2.53. The van der Waals surface area contributed by atoms with Crippen LogP contribution in [0.1, 0.15) is 58.3 Å². The van der Waals surface area contributed by atoms with E-state index in [1.807, 2.05) is 0 Å². The SMILES string of the molecule is CCC1CCC(C2(O)CCCN(C)CC2)CC1. The normalized spacial score (nSPS) is 41.1. The number of likely N-dealkylation sites (tertiary alicyclic amines) is 1. The van der Waals surface area contributed by atoms with Gasteiger partial charge in [0.2, 0.25) is 0 Å². The molecule has 0 aromatic heterocycles. The maximum absolute atomic E-state index is 10.9. The first-order valence-electron chi connectivity index (χ1n) is 7.55. The van der Waals surface area contributed by atoms with Gasteiger partial charge in [-0.3, -0.25) is 0 Å². The highest BCUT2D eigenvalue weighted by Crippen LogP contribution is 2.41. The first-order valence-corrected chi connectivity index (χ1v) is 7.55. The lowest BCUT2D eigenvalue weighted by atomic mass is 9.70. The maximum atomic E-state index is 10.9. The van der Waals surface area contributed by atoms with Crippen LogP contribution >= 0.6 is 0 Å². The zero-order valence-corrected chi connectivity index (χ0v) is 11.6. The quantitative estimate of drug-likeness (QED) is 0.800. The molecule has 1 saturated carbocycles. The highest BCUT2D eigenvalue weighted by molar-refractivity contribution is 4.91. The molecule has 0 radical (unpaired) electrons. The lowest BCUT2D eigenvalue weighted by Crippen LogP contribution is -2.40. The van der Waals surface area contributed by atoms with Crippen molar-refractivity contribution in [1.82, 2.24) is 4.90 Å². The van der Waals surface area contributed by atoms with Crippen molar-refractivity contribution in [2.75, 3.05) is 20.1 Å². The zero-order valence-electron chi connectivity index (χ0n) is 11.6. The molecule has 1 saturated heterocycles. The number of hydrogen-bond acceptors (Lipinski definition) is 2. The molecular formula is C15H29NO. The molecule has 0 bridgehead atoms. The molecule has 1 atom stereocenters. The van der Waals surface area contributed by atoms with Crippen molar-refractivity contribution in [2.45, 2.75) is 63.9 Å². The van der Waals surface area contributed by atoms with Gasteiger partial charge in [0, 0.05) is 6.54 Å². The lowest BCUT2D eigenvalue weighted by Gasteiger charge is -2.40. The van der Waals surface area contributed by atoms with E-state index in [9.17, 15) is 5.11 Å². The van der Waals surface area contributed by atoms with Crippen molar-refractivity contribution in [1.29, 1.82) is 0 Å². The summed E-state index contributed by atoms with van der Waals surface area (Å²) in [6.07, 6.45) is 9.73. The van der Waals surface area contributed by atoms with Gasteiger partial charge < -0.3 is 10.0 Å². The molecule has 0 aromatic rings. The van der Waals surface area contributed by atoms with Crippen LogP contribution < -0.4 is 0 Å². The molecule has 1 unspecified atom stereocenters. The van der Waals surface area contributed by atoms with E-state index in [0.717, 1.165) is 31.8 Å². The van der Waals surface area contributed by atoms with Gasteiger partial charge in [0.25, 0.3) is 0 Å². The summed E-state index contributed by atoms with van der Waals surface area (Å²) in [4.78, 5) is 2.37.